The molecule has 76 valence electrons. The minimum absolute atomic E-state index is 0.0446. The zero-order chi connectivity index (χ0) is 10.1. The highest BCUT2D eigenvalue weighted by Crippen LogP contribution is 2.46. The largest absolute Gasteiger partial charge is 0.330 e. The summed E-state index contributed by atoms with van der Waals surface area (Å²) in [5, 5.41) is 0. The Kier molecular flexibility index (Phi) is 2.76. The Morgan fingerprint density at radius 3 is 2.08 bits per heavy atom. The fraction of sp³-hybridized carbons (Fsp3) is 0.800. The summed E-state index contributed by atoms with van der Waals surface area (Å²) in [5.41, 5.74) is 6.35. The molecule has 0 saturated heterocycles. The molecule has 0 heterocycles. The van der Waals surface area contributed by atoms with Gasteiger partial charge in [-0.25, -0.2) is 8.78 Å². The van der Waals surface area contributed by atoms with Crippen molar-refractivity contribution in [2.45, 2.75) is 38.5 Å². The summed E-state index contributed by atoms with van der Waals surface area (Å²) in [7, 11) is 0. The maximum atomic E-state index is 12.9. The van der Waals surface area contributed by atoms with Crippen LogP contribution in [0.5, 0.6) is 0 Å². The van der Waals surface area contributed by atoms with Crippen LogP contribution in [0.4, 0.5) is 8.78 Å². The highest BCUT2D eigenvalue weighted by molar-refractivity contribution is 5.10. The Balaban J connectivity index is 2.69. The second-order valence-corrected chi connectivity index (χ2v) is 4.12. The molecule has 3 heteroatoms. The summed E-state index contributed by atoms with van der Waals surface area (Å²) in [4.78, 5) is 0. The van der Waals surface area contributed by atoms with Crippen molar-refractivity contribution in [3.63, 3.8) is 0 Å². The normalized spacial score (nSPS) is 25.5. The van der Waals surface area contributed by atoms with Gasteiger partial charge in [-0.05, 0) is 19.8 Å². The van der Waals surface area contributed by atoms with Gasteiger partial charge in [-0.1, -0.05) is 12.2 Å². The van der Waals surface area contributed by atoms with Crippen molar-refractivity contribution in [3.8, 4) is 0 Å². The number of halogens is 2. The monoisotopic (exact) mass is 189 g/mol. The lowest BCUT2D eigenvalue weighted by atomic mass is 9.69. The summed E-state index contributed by atoms with van der Waals surface area (Å²) >= 11 is 0. The highest BCUT2D eigenvalue weighted by atomic mass is 19.3. The van der Waals surface area contributed by atoms with Crippen LogP contribution < -0.4 is 5.73 Å². The van der Waals surface area contributed by atoms with E-state index in [0.717, 1.165) is 5.57 Å². The second-order valence-electron chi connectivity index (χ2n) is 4.12. The topological polar surface area (TPSA) is 26.0 Å². The van der Waals surface area contributed by atoms with Crippen LogP contribution in [0.25, 0.3) is 0 Å². The molecule has 0 aliphatic heterocycles. The minimum atomic E-state index is -2.48. The van der Waals surface area contributed by atoms with Gasteiger partial charge >= 0.3 is 0 Å². The molecule has 1 rings (SSSR count). The summed E-state index contributed by atoms with van der Waals surface area (Å²) in [6.45, 7) is 6.17. The summed E-state index contributed by atoms with van der Waals surface area (Å²) < 4.78 is 25.8. The van der Waals surface area contributed by atoms with Gasteiger partial charge in [0.25, 0.3) is 0 Å². The number of hydrogen-bond donors (Lipinski definition) is 1. The van der Waals surface area contributed by atoms with Crippen molar-refractivity contribution >= 4 is 0 Å². The van der Waals surface area contributed by atoms with E-state index in [1.165, 1.54) is 0 Å². The number of nitrogens with two attached hydrogens (primary N) is 1. The summed E-state index contributed by atoms with van der Waals surface area (Å²) in [6, 6.07) is 0. The molecular formula is C10H17F2N. The molecule has 0 aromatic heterocycles. The van der Waals surface area contributed by atoms with E-state index in [4.69, 9.17) is 5.73 Å². The molecule has 0 aromatic carbocycles. The molecular weight excluding hydrogens is 172 g/mol. The fourth-order valence-corrected chi connectivity index (χ4v) is 1.90. The molecule has 2 N–H and O–H groups in total. The average Bonchev–Trinajstić information content (AvgIpc) is 2.05. The van der Waals surface area contributed by atoms with Crippen LogP contribution in [0, 0.1) is 5.41 Å². The van der Waals surface area contributed by atoms with E-state index in [2.05, 4.69) is 6.58 Å². The molecule has 0 bridgehead atoms. The smallest absolute Gasteiger partial charge is 0.248 e. The van der Waals surface area contributed by atoms with Crippen molar-refractivity contribution in [2.24, 2.45) is 11.1 Å². The van der Waals surface area contributed by atoms with Crippen LogP contribution in [0.1, 0.15) is 32.6 Å². The number of alkyl halides is 2. The molecule has 1 fully saturated rings. The van der Waals surface area contributed by atoms with Gasteiger partial charge in [0.2, 0.25) is 5.92 Å². The van der Waals surface area contributed by atoms with Gasteiger partial charge < -0.3 is 5.73 Å². The van der Waals surface area contributed by atoms with Gasteiger partial charge in [-0.15, -0.1) is 0 Å². The Labute approximate surface area is 78.0 Å². The molecule has 0 atom stereocenters. The first-order chi connectivity index (χ1) is 5.92. The van der Waals surface area contributed by atoms with E-state index in [0.29, 0.717) is 19.4 Å². The molecule has 0 spiro atoms. The molecule has 0 radical (unpaired) electrons. The lowest BCUT2D eigenvalue weighted by Crippen LogP contribution is -2.39. The first-order valence-electron chi connectivity index (χ1n) is 4.66. The van der Waals surface area contributed by atoms with Crippen molar-refractivity contribution in [3.05, 3.63) is 12.2 Å². The maximum absolute atomic E-state index is 12.9. The zero-order valence-corrected chi connectivity index (χ0v) is 8.08. The highest BCUT2D eigenvalue weighted by Gasteiger charge is 2.42. The van der Waals surface area contributed by atoms with Gasteiger partial charge in [-0.3, -0.25) is 0 Å². The Morgan fingerprint density at radius 2 is 1.77 bits per heavy atom. The van der Waals surface area contributed by atoms with Crippen molar-refractivity contribution in [1.29, 1.82) is 0 Å². The SMILES string of the molecule is C=C(C)C1(CN)CCC(F)(F)CC1. The van der Waals surface area contributed by atoms with E-state index in [9.17, 15) is 8.78 Å². The predicted octanol–water partition coefficient (Wildman–Crippen LogP) is 2.72. The van der Waals surface area contributed by atoms with Gasteiger partial charge in [0.1, 0.15) is 0 Å². The van der Waals surface area contributed by atoms with E-state index in [-0.39, 0.29) is 18.3 Å². The average molecular weight is 189 g/mol. The van der Waals surface area contributed by atoms with Crippen molar-refractivity contribution < 1.29 is 8.78 Å². The van der Waals surface area contributed by atoms with Crippen LogP contribution in [-0.2, 0) is 0 Å². The molecule has 1 aliphatic carbocycles. The Morgan fingerprint density at radius 1 is 1.31 bits per heavy atom. The quantitative estimate of drug-likeness (QED) is 0.664. The molecule has 0 aromatic rings. The van der Waals surface area contributed by atoms with Crippen LogP contribution in [0.15, 0.2) is 12.2 Å². The third-order valence-electron chi connectivity index (χ3n) is 3.23. The van der Waals surface area contributed by atoms with Crippen LogP contribution in [0.3, 0.4) is 0 Å². The van der Waals surface area contributed by atoms with Crippen LogP contribution in [-0.4, -0.2) is 12.5 Å². The first-order valence-corrected chi connectivity index (χ1v) is 4.66. The van der Waals surface area contributed by atoms with E-state index in [1.54, 1.807) is 0 Å². The summed E-state index contributed by atoms with van der Waals surface area (Å²) in [6.07, 6.45) is 0.867. The Hall–Kier alpha value is -0.440. The van der Waals surface area contributed by atoms with E-state index in [1.807, 2.05) is 6.92 Å². The summed E-state index contributed by atoms with van der Waals surface area (Å²) in [5.74, 6) is -2.48. The molecule has 13 heavy (non-hydrogen) atoms. The lowest BCUT2D eigenvalue weighted by Gasteiger charge is -2.39. The van der Waals surface area contributed by atoms with Crippen LogP contribution in [0.2, 0.25) is 0 Å². The molecule has 1 aliphatic rings. The van der Waals surface area contributed by atoms with Crippen molar-refractivity contribution in [2.75, 3.05) is 6.54 Å². The third kappa shape index (κ3) is 2.08. The van der Waals surface area contributed by atoms with Crippen molar-refractivity contribution in [1.82, 2.24) is 0 Å². The van der Waals surface area contributed by atoms with Gasteiger partial charge in [-0.2, -0.15) is 0 Å². The number of hydrogen-bond acceptors (Lipinski definition) is 1. The standard InChI is InChI=1S/C10H17F2N/c1-8(2)9(7-13)3-5-10(11,12)6-4-9/h1,3-7,13H2,2H3. The predicted molar refractivity (Wildman–Crippen MR) is 49.7 cm³/mol. The third-order valence-corrected chi connectivity index (χ3v) is 3.23. The molecule has 1 nitrogen and oxygen atoms in total. The van der Waals surface area contributed by atoms with Crippen LogP contribution >= 0.6 is 0 Å². The van der Waals surface area contributed by atoms with Gasteiger partial charge in [0.05, 0.1) is 0 Å². The molecule has 1 saturated carbocycles. The number of rotatable bonds is 2. The lowest BCUT2D eigenvalue weighted by molar-refractivity contribution is -0.0580. The maximum Gasteiger partial charge on any atom is 0.248 e. The fourth-order valence-electron chi connectivity index (χ4n) is 1.90. The second kappa shape index (κ2) is 3.37. The molecule has 0 amide bonds. The minimum Gasteiger partial charge on any atom is -0.330 e. The molecule has 0 unspecified atom stereocenters. The Bertz CT molecular complexity index is 201. The zero-order valence-electron chi connectivity index (χ0n) is 8.08. The first kappa shape index (κ1) is 10.6. The van der Waals surface area contributed by atoms with E-state index < -0.39 is 5.92 Å². The van der Waals surface area contributed by atoms with E-state index >= 15 is 0 Å². The van der Waals surface area contributed by atoms with Gasteiger partial charge in [0, 0.05) is 24.8 Å². The van der Waals surface area contributed by atoms with Gasteiger partial charge in [0.15, 0.2) is 0 Å².